The fraction of sp³-hybridized carbons (Fsp3) is 0.159. The first-order valence-corrected chi connectivity index (χ1v) is 25.2. The van der Waals surface area contributed by atoms with Crippen LogP contribution >= 0.6 is 0 Å². The number of benzene rings is 6. The lowest BCUT2D eigenvalue weighted by atomic mass is 9.65. The van der Waals surface area contributed by atoms with Gasteiger partial charge in [-0.05, 0) is 147 Å². The van der Waals surface area contributed by atoms with Gasteiger partial charge in [0.05, 0.1) is 0 Å². The highest BCUT2D eigenvalue weighted by molar-refractivity contribution is 6.17. The van der Waals surface area contributed by atoms with Crippen LogP contribution in [0.4, 0.5) is 0 Å². The monoisotopic (exact) mass is 884 g/mol. The lowest BCUT2D eigenvalue weighted by Gasteiger charge is -2.38. The van der Waals surface area contributed by atoms with Crippen molar-refractivity contribution < 1.29 is 0 Å². The van der Waals surface area contributed by atoms with Crippen LogP contribution in [0.15, 0.2) is 253 Å². The molecule has 4 unspecified atom stereocenters. The lowest BCUT2D eigenvalue weighted by Crippen LogP contribution is -2.40. The van der Waals surface area contributed by atoms with Crippen molar-refractivity contribution in [2.75, 3.05) is 0 Å². The quantitative estimate of drug-likeness (QED) is 0.140. The van der Waals surface area contributed by atoms with Crippen LogP contribution in [0, 0.1) is 23.7 Å². The zero-order valence-electron chi connectivity index (χ0n) is 39.7. The molecular weight excluding hydrogens is 829 g/mol. The molecule has 7 aliphatic carbocycles. The van der Waals surface area contributed by atoms with Crippen LogP contribution in [-0.2, 0) is 5.41 Å². The van der Waals surface area contributed by atoms with Gasteiger partial charge in [-0.25, -0.2) is 0 Å². The molecule has 13 rings (SSSR count). The number of rotatable bonds is 7. The molecule has 0 heteroatoms. The van der Waals surface area contributed by atoms with Gasteiger partial charge in [0.25, 0.3) is 0 Å². The average Bonchev–Trinajstić information content (AvgIpc) is 3.63. The van der Waals surface area contributed by atoms with Gasteiger partial charge in [-0.15, -0.1) is 0 Å². The van der Waals surface area contributed by atoms with Gasteiger partial charge >= 0.3 is 0 Å². The van der Waals surface area contributed by atoms with E-state index >= 15 is 0 Å². The van der Waals surface area contributed by atoms with Crippen molar-refractivity contribution in [3.63, 3.8) is 0 Å². The molecule has 0 aliphatic heterocycles. The number of hydrogen-bond acceptors (Lipinski definition) is 0. The van der Waals surface area contributed by atoms with Gasteiger partial charge in [-0.2, -0.15) is 0 Å². The fourth-order valence-corrected chi connectivity index (χ4v) is 13.8. The van der Waals surface area contributed by atoms with Crippen molar-refractivity contribution in [2.24, 2.45) is 23.7 Å². The Hall–Kier alpha value is -7.54. The molecule has 6 aromatic carbocycles. The smallest absolute Gasteiger partial charge is 0.0155 e. The Morgan fingerprint density at radius 1 is 0.464 bits per heavy atom. The molecule has 0 heterocycles. The SMILES string of the molecule is C=CC1=C(C2=CC=C(c3c4ccccc4c(C4=CC5=C(CC4)c4ccccc4C5(C)C)c4ccccc34)C3C=CC=CC23)CCC(C2=c3ccccc3=C(c3ccccc3)C3C=CC=CC23)=C1C=C. The first-order chi connectivity index (χ1) is 34.0. The van der Waals surface area contributed by atoms with Gasteiger partial charge in [0.2, 0.25) is 0 Å². The summed E-state index contributed by atoms with van der Waals surface area (Å²) < 4.78 is 0. The van der Waals surface area contributed by atoms with E-state index in [1.54, 1.807) is 0 Å². The molecule has 0 fully saturated rings. The van der Waals surface area contributed by atoms with Gasteiger partial charge in [-0.3, -0.25) is 0 Å². The molecule has 4 atom stereocenters. The highest BCUT2D eigenvalue weighted by atomic mass is 14.4. The van der Waals surface area contributed by atoms with E-state index in [0.717, 1.165) is 25.7 Å². The van der Waals surface area contributed by atoms with E-state index in [-0.39, 0.29) is 29.1 Å². The minimum atomic E-state index is -0.0299. The van der Waals surface area contributed by atoms with E-state index in [4.69, 9.17) is 0 Å². The van der Waals surface area contributed by atoms with Gasteiger partial charge < -0.3 is 0 Å². The molecule has 0 amide bonds. The Bertz CT molecular complexity index is 3660. The summed E-state index contributed by atoms with van der Waals surface area (Å²) in [7, 11) is 0. The van der Waals surface area contributed by atoms with Crippen LogP contribution in [0.2, 0.25) is 0 Å². The molecule has 0 saturated heterocycles. The number of hydrogen-bond donors (Lipinski definition) is 0. The summed E-state index contributed by atoms with van der Waals surface area (Å²) in [6.45, 7) is 13.9. The Balaban J connectivity index is 0.976. The van der Waals surface area contributed by atoms with Crippen LogP contribution in [0.1, 0.15) is 67.3 Å². The van der Waals surface area contributed by atoms with Crippen molar-refractivity contribution in [1.29, 1.82) is 0 Å². The minimum Gasteiger partial charge on any atom is -0.0984 e. The number of fused-ring (bicyclic) bond motifs is 7. The molecule has 0 radical (unpaired) electrons. The summed E-state index contributed by atoms with van der Waals surface area (Å²) in [5.41, 5.74) is 22.3. The molecular formula is C69H56. The normalized spacial score (nSPS) is 23.0. The molecule has 0 N–H and O–H groups in total. The molecule has 7 aliphatic rings. The van der Waals surface area contributed by atoms with Gasteiger partial charge in [0.15, 0.2) is 0 Å². The van der Waals surface area contributed by atoms with Gasteiger partial charge in [-0.1, -0.05) is 233 Å². The molecule has 332 valence electrons. The molecule has 0 aromatic heterocycles. The van der Waals surface area contributed by atoms with E-state index in [2.05, 4.69) is 233 Å². The van der Waals surface area contributed by atoms with Crippen LogP contribution in [0.3, 0.4) is 0 Å². The van der Waals surface area contributed by atoms with Crippen molar-refractivity contribution in [1.82, 2.24) is 0 Å². The van der Waals surface area contributed by atoms with Crippen molar-refractivity contribution >= 4 is 49.4 Å². The van der Waals surface area contributed by atoms with E-state index in [1.807, 2.05) is 0 Å². The second-order valence-corrected chi connectivity index (χ2v) is 20.4. The van der Waals surface area contributed by atoms with E-state index < -0.39 is 0 Å². The fourth-order valence-electron chi connectivity index (χ4n) is 13.8. The molecule has 69 heavy (non-hydrogen) atoms. The van der Waals surface area contributed by atoms with Gasteiger partial charge in [0, 0.05) is 29.1 Å². The Morgan fingerprint density at radius 2 is 0.957 bits per heavy atom. The Labute approximate surface area is 407 Å². The minimum absolute atomic E-state index is 0.0299. The van der Waals surface area contributed by atoms with Crippen LogP contribution < -0.4 is 10.4 Å². The third-order valence-corrected chi connectivity index (χ3v) is 16.8. The first kappa shape index (κ1) is 41.6. The van der Waals surface area contributed by atoms with Crippen molar-refractivity contribution in [2.45, 2.75) is 44.9 Å². The molecule has 0 spiro atoms. The van der Waals surface area contributed by atoms with Crippen LogP contribution in [-0.4, -0.2) is 0 Å². The predicted molar refractivity (Wildman–Crippen MR) is 293 cm³/mol. The maximum atomic E-state index is 4.54. The third-order valence-electron chi connectivity index (χ3n) is 16.8. The highest BCUT2D eigenvalue weighted by Gasteiger charge is 2.40. The summed E-state index contributed by atoms with van der Waals surface area (Å²) in [4.78, 5) is 0. The Kier molecular flexibility index (Phi) is 9.84. The molecule has 0 bridgehead atoms. The summed E-state index contributed by atoms with van der Waals surface area (Å²) in [6, 6.07) is 47.7. The lowest BCUT2D eigenvalue weighted by molar-refractivity contribution is 0.635. The van der Waals surface area contributed by atoms with Crippen LogP contribution in [0.5, 0.6) is 0 Å². The van der Waals surface area contributed by atoms with E-state index in [9.17, 15) is 0 Å². The summed E-state index contributed by atoms with van der Waals surface area (Å²) in [5, 5.41) is 8.02. The Morgan fingerprint density at radius 3 is 1.62 bits per heavy atom. The largest absolute Gasteiger partial charge is 0.0984 e. The van der Waals surface area contributed by atoms with E-state index in [0.29, 0.717) is 0 Å². The topological polar surface area (TPSA) is 0 Å². The maximum Gasteiger partial charge on any atom is 0.0155 e. The second-order valence-electron chi connectivity index (χ2n) is 20.4. The molecule has 6 aromatic rings. The maximum absolute atomic E-state index is 4.54. The summed E-state index contributed by atoms with van der Waals surface area (Å²) >= 11 is 0. The second kappa shape index (κ2) is 16.3. The van der Waals surface area contributed by atoms with E-state index in [1.165, 1.54) is 121 Å². The van der Waals surface area contributed by atoms with Crippen LogP contribution in [0.25, 0.3) is 49.4 Å². The molecule has 0 nitrogen and oxygen atoms in total. The predicted octanol–water partition coefficient (Wildman–Crippen LogP) is 15.8. The standard InChI is InChI=1S/C69H56/c1-5-45-46(6-2)61(67-57-31-16-12-27-53(57)65(43-22-8-7-9-23-43)54-28-13-17-32-58(54)67)40-38-49(45)50-39-41-62(48-25-11-10-24-47(48)50)68-59-33-18-14-29-55(59)66(56-30-15-19-34-60(56)68)44-36-37-52-51-26-20-21-35-63(51)69(3,4)64(52)42-44/h5-35,39,41-42,47-48,53,57H,1-2,36-38,40H2,3-4H3. The van der Waals surface area contributed by atoms with Gasteiger partial charge in [0.1, 0.15) is 0 Å². The van der Waals surface area contributed by atoms with Crippen molar-refractivity contribution in [3.05, 3.63) is 291 Å². The average molecular weight is 885 g/mol. The molecule has 0 saturated carbocycles. The number of allylic oxidation sites excluding steroid dienone is 22. The zero-order valence-corrected chi connectivity index (χ0v) is 39.7. The summed E-state index contributed by atoms with van der Waals surface area (Å²) in [6.07, 6.45) is 34.5. The summed E-state index contributed by atoms with van der Waals surface area (Å²) in [5.74, 6) is 0.824. The zero-order chi connectivity index (χ0) is 46.4. The first-order valence-electron chi connectivity index (χ1n) is 25.2. The van der Waals surface area contributed by atoms with Crippen molar-refractivity contribution in [3.8, 4) is 0 Å². The highest BCUT2D eigenvalue weighted by Crippen LogP contribution is 2.55. The third kappa shape index (κ3) is 6.28.